The molecule has 0 amide bonds. The van der Waals surface area contributed by atoms with Crippen molar-refractivity contribution in [2.45, 2.75) is 0 Å². The zero-order valence-electron chi connectivity index (χ0n) is 8.17. The summed E-state index contributed by atoms with van der Waals surface area (Å²) in [7, 11) is 0. The highest BCUT2D eigenvalue weighted by Gasteiger charge is 1.98. The molecule has 2 aromatic rings. The van der Waals surface area contributed by atoms with Gasteiger partial charge in [-0.2, -0.15) is 0 Å². The molecule has 0 spiro atoms. The second-order valence-electron chi connectivity index (χ2n) is 2.95. The van der Waals surface area contributed by atoms with Crippen LogP contribution in [0.25, 0.3) is 11.1 Å². The highest BCUT2D eigenvalue weighted by Crippen LogP contribution is 2.24. The minimum absolute atomic E-state index is 0.828. The maximum absolute atomic E-state index is 6.00. The van der Waals surface area contributed by atoms with Gasteiger partial charge in [-0.05, 0) is 11.6 Å². The van der Waals surface area contributed by atoms with Crippen LogP contribution in [-0.4, -0.2) is 10.5 Å². The molecule has 0 aliphatic carbocycles. The minimum Gasteiger partial charge on any atom is -0.398 e. The summed E-state index contributed by atoms with van der Waals surface area (Å²) in [6, 6.07) is 18.1. The van der Waals surface area contributed by atoms with Crippen molar-refractivity contribution in [2.75, 3.05) is 5.73 Å². The lowest BCUT2D eigenvalue weighted by molar-refractivity contribution is -0.176. The molecule has 3 nitrogen and oxygen atoms in total. The molecule has 0 aromatic heterocycles. The summed E-state index contributed by atoms with van der Waals surface area (Å²) in [5.74, 6) is 0. The third-order valence-corrected chi connectivity index (χ3v) is 2.05. The van der Waals surface area contributed by atoms with Crippen LogP contribution in [0.3, 0.4) is 0 Å². The second kappa shape index (κ2) is 5.80. The van der Waals surface area contributed by atoms with Gasteiger partial charge in [-0.25, -0.2) is 0 Å². The first-order chi connectivity index (χ1) is 7.38. The van der Waals surface area contributed by atoms with Crippen LogP contribution in [0.1, 0.15) is 0 Å². The molecule has 0 aliphatic rings. The predicted octanol–water partition coefficient (Wildman–Crippen LogP) is 2.95. The molecule has 0 fully saturated rings. The van der Waals surface area contributed by atoms with E-state index in [4.69, 9.17) is 16.2 Å². The van der Waals surface area contributed by atoms with Crippen molar-refractivity contribution in [1.82, 2.24) is 0 Å². The van der Waals surface area contributed by atoms with Gasteiger partial charge in [-0.15, -0.1) is 0 Å². The van der Waals surface area contributed by atoms with E-state index in [1.54, 1.807) is 0 Å². The molecule has 0 aliphatic heterocycles. The van der Waals surface area contributed by atoms with Crippen LogP contribution < -0.4 is 5.73 Å². The monoisotopic (exact) mass is 203 g/mol. The molecule has 0 radical (unpaired) electrons. The Morgan fingerprint density at radius 2 is 1.27 bits per heavy atom. The summed E-state index contributed by atoms with van der Waals surface area (Å²) in [5.41, 5.74) is 8.95. The molecule has 0 saturated carbocycles. The third-order valence-electron chi connectivity index (χ3n) is 2.05. The van der Waals surface area contributed by atoms with Crippen LogP contribution in [-0.2, 0) is 0 Å². The molecule has 78 valence electrons. The lowest BCUT2D eigenvalue weighted by atomic mass is 10.0. The van der Waals surface area contributed by atoms with Crippen LogP contribution in [0.15, 0.2) is 54.6 Å². The van der Waals surface area contributed by atoms with Gasteiger partial charge in [-0.3, -0.25) is 10.5 Å². The zero-order chi connectivity index (χ0) is 11.1. The fourth-order valence-corrected chi connectivity index (χ4v) is 1.38. The Morgan fingerprint density at radius 1 is 0.733 bits per heavy atom. The minimum atomic E-state index is 0.828. The van der Waals surface area contributed by atoms with E-state index in [1.807, 2.05) is 42.5 Å². The lowest BCUT2D eigenvalue weighted by Crippen LogP contribution is -1.88. The maximum Gasteiger partial charge on any atom is 0.0393 e. The Morgan fingerprint density at radius 3 is 1.87 bits per heavy atom. The molecule has 2 aromatic carbocycles. The first kappa shape index (κ1) is 11.2. The molecule has 0 saturated heterocycles. The highest BCUT2D eigenvalue weighted by atomic mass is 17.0. The van der Waals surface area contributed by atoms with Crippen LogP contribution in [0.5, 0.6) is 0 Å². The van der Waals surface area contributed by atoms with E-state index in [-0.39, 0.29) is 0 Å². The van der Waals surface area contributed by atoms with Crippen LogP contribution in [0.2, 0.25) is 0 Å². The fourth-order valence-electron chi connectivity index (χ4n) is 1.38. The first-order valence-electron chi connectivity index (χ1n) is 4.48. The van der Waals surface area contributed by atoms with Crippen LogP contribution in [0, 0.1) is 0 Å². The average Bonchev–Trinajstić information content (AvgIpc) is 2.33. The first-order valence-corrected chi connectivity index (χ1v) is 4.48. The Hall–Kier alpha value is -1.84. The Kier molecular flexibility index (Phi) is 4.34. The second-order valence-corrected chi connectivity index (χ2v) is 2.95. The largest absolute Gasteiger partial charge is 0.398 e. The van der Waals surface area contributed by atoms with Gasteiger partial charge in [0.25, 0.3) is 0 Å². The summed E-state index contributed by atoms with van der Waals surface area (Å²) in [6.45, 7) is 0. The van der Waals surface area contributed by atoms with Crippen molar-refractivity contribution >= 4 is 5.69 Å². The SMILES string of the molecule is Nc1ccccc1-c1ccccc1.OO. The zero-order valence-corrected chi connectivity index (χ0v) is 8.17. The molecule has 3 heteroatoms. The standard InChI is InChI=1S/C12H11N.H2O2/c13-12-9-5-4-8-11(12)10-6-2-1-3-7-10;1-2/h1-9H,13H2;1-2H. The number of anilines is 1. The van der Waals surface area contributed by atoms with Crippen molar-refractivity contribution in [3.63, 3.8) is 0 Å². The van der Waals surface area contributed by atoms with Gasteiger partial charge in [0.05, 0.1) is 0 Å². The number of nitrogen functional groups attached to an aromatic ring is 1. The van der Waals surface area contributed by atoms with Crippen molar-refractivity contribution < 1.29 is 10.5 Å². The van der Waals surface area contributed by atoms with Crippen molar-refractivity contribution in [1.29, 1.82) is 0 Å². The van der Waals surface area contributed by atoms with Gasteiger partial charge in [-0.1, -0.05) is 48.5 Å². The molecule has 2 rings (SSSR count). The predicted molar refractivity (Wildman–Crippen MR) is 61.5 cm³/mol. The van der Waals surface area contributed by atoms with Gasteiger partial charge in [0.15, 0.2) is 0 Å². The van der Waals surface area contributed by atoms with Crippen LogP contribution in [0.4, 0.5) is 5.69 Å². The smallest absolute Gasteiger partial charge is 0.0393 e. The average molecular weight is 203 g/mol. The normalized spacial score (nSPS) is 8.93. The number of hydrogen-bond donors (Lipinski definition) is 3. The van der Waals surface area contributed by atoms with Crippen LogP contribution >= 0.6 is 0 Å². The third kappa shape index (κ3) is 2.80. The molecule has 0 heterocycles. The number of hydrogen-bond acceptors (Lipinski definition) is 3. The number of benzene rings is 2. The van der Waals surface area contributed by atoms with Gasteiger partial charge >= 0.3 is 0 Å². The van der Waals surface area contributed by atoms with Crippen molar-refractivity contribution in [3.05, 3.63) is 54.6 Å². The summed E-state index contributed by atoms with van der Waals surface area (Å²) in [5, 5.41) is 12.0. The van der Waals surface area contributed by atoms with Gasteiger partial charge in [0.1, 0.15) is 0 Å². The van der Waals surface area contributed by atoms with E-state index < -0.39 is 0 Å². The van der Waals surface area contributed by atoms with Crippen molar-refractivity contribution in [3.8, 4) is 11.1 Å². The van der Waals surface area contributed by atoms with E-state index in [2.05, 4.69) is 12.1 Å². The topological polar surface area (TPSA) is 66.5 Å². The molecule has 0 bridgehead atoms. The van der Waals surface area contributed by atoms with E-state index in [1.165, 1.54) is 5.56 Å². The quantitative estimate of drug-likeness (QED) is 0.379. The number of nitrogens with two attached hydrogens (primary N) is 1. The summed E-state index contributed by atoms with van der Waals surface area (Å²) >= 11 is 0. The summed E-state index contributed by atoms with van der Waals surface area (Å²) in [4.78, 5) is 0. The number of para-hydroxylation sites is 1. The highest BCUT2D eigenvalue weighted by molar-refractivity contribution is 5.75. The Labute approximate surface area is 88.4 Å². The summed E-state index contributed by atoms with van der Waals surface area (Å²) < 4.78 is 0. The van der Waals surface area contributed by atoms with Gasteiger partial charge in [0, 0.05) is 11.3 Å². The van der Waals surface area contributed by atoms with E-state index in [0.717, 1.165) is 11.3 Å². The summed E-state index contributed by atoms with van der Waals surface area (Å²) in [6.07, 6.45) is 0. The Bertz CT molecular complexity index is 401. The number of rotatable bonds is 1. The molecule has 0 unspecified atom stereocenters. The van der Waals surface area contributed by atoms with E-state index in [9.17, 15) is 0 Å². The van der Waals surface area contributed by atoms with E-state index >= 15 is 0 Å². The molecule has 0 atom stereocenters. The van der Waals surface area contributed by atoms with Gasteiger partial charge < -0.3 is 5.73 Å². The lowest BCUT2D eigenvalue weighted by Gasteiger charge is -2.03. The van der Waals surface area contributed by atoms with Gasteiger partial charge in [0.2, 0.25) is 0 Å². The van der Waals surface area contributed by atoms with E-state index in [0.29, 0.717) is 0 Å². The Balaban J connectivity index is 0.000000531. The molecular formula is C12H13NO2. The molecular weight excluding hydrogens is 190 g/mol. The maximum atomic E-state index is 6.00. The van der Waals surface area contributed by atoms with Crippen molar-refractivity contribution in [2.24, 2.45) is 0 Å². The molecule has 4 N–H and O–H groups in total. The molecule has 15 heavy (non-hydrogen) atoms. The fraction of sp³-hybridized carbons (Fsp3) is 0.